The lowest BCUT2D eigenvalue weighted by Gasteiger charge is -1.95. The molecule has 0 atom stereocenters. The van der Waals surface area contributed by atoms with Crippen molar-refractivity contribution in [3.63, 3.8) is 0 Å². The van der Waals surface area contributed by atoms with E-state index in [1.165, 1.54) is 10.9 Å². The van der Waals surface area contributed by atoms with Crippen molar-refractivity contribution in [1.82, 2.24) is 4.57 Å². The molecule has 2 aromatic rings. The molecule has 0 spiro atoms. The van der Waals surface area contributed by atoms with Gasteiger partial charge in [-0.3, -0.25) is 0 Å². The van der Waals surface area contributed by atoms with Crippen molar-refractivity contribution in [2.24, 2.45) is 12.8 Å². The smallest absolute Gasteiger partial charge is 0.0498 e. The molecule has 1 aromatic carbocycles. The number of fused-ring (bicyclic) bond motifs is 1. The second-order valence-corrected chi connectivity index (χ2v) is 3.93. The molecular formula is C12H13ClN2. The minimum absolute atomic E-state index is 0.560. The fraction of sp³-hybridized carbons (Fsp3) is 0.167. The molecule has 0 fully saturated rings. The number of hydrogen-bond acceptors (Lipinski definition) is 1. The molecule has 0 bridgehead atoms. The van der Waals surface area contributed by atoms with E-state index in [0.29, 0.717) is 6.54 Å². The third-order valence-electron chi connectivity index (χ3n) is 2.42. The summed E-state index contributed by atoms with van der Waals surface area (Å²) in [7, 11) is 2.01. The summed E-state index contributed by atoms with van der Waals surface area (Å²) in [6, 6.07) is 5.91. The summed E-state index contributed by atoms with van der Waals surface area (Å²) in [5, 5.41) is 1.96. The van der Waals surface area contributed by atoms with Crippen molar-refractivity contribution in [3.05, 3.63) is 41.1 Å². The van der Waals surface area contributed by atoms with E-state index in [9.17, 15) is 0 Å². The molecule has 1 aromatic heterocycles. The second kappa shape index (κ2) is 4.09. The number of halogens is 1. The fourth-order valence-corrected chi connectivity index (χ4v) is 1.88. The van der Waals surface area contributed by atoms with E-state index in [1.54, 1.807) is 0 Å². The summed E-state index contributed by atoms with van der Waals surface area (Å²) in [6.07, 6.45) is 6.06. The van der Waals surface area contributed by atoms with Crippen LogP contribution in [0.25, 0.3) is 17.0 Å². The molecule has 0 aliphatic heterocycles. The summed E-state index contributed by atoms with van der Waals surface area (Å²) in [5.41, 5.74) is 7.75. The molecule has 1 heterocycles. The highest BCUT2D eigenvalue weighted by Crippen LogP contribution is 2.24. The van der Waals surface area contributed by atoms with Crippen LogP contribution in [0.1, 0.15) is 5.56 Å². The highest BCUT2D eigenvalue weighted by molar-refractivity contribution is 6.31. The van der Waals surface area contributed by atoms with Crippen LogP contribution >= 0.6 is 11.6 Å². The van der Waals surface area contributed by atoms with E-state index in [4.69, 9.17) is 17.3 Å². The Bertz CT molecular complexity index is 512. The van der Waals surface area contributed by atoms with Gasteiger partial charge in [-0.2, -0.15) is 0 Å². The Morgan fingerprint density at radius 3 is 3.00 bits per heavy atom. The van der Waals surface area contributed by atoms with Gasteiger partial charge in [0.25, 0.3) is 0 Å². The molecule has 0 radical (unpaired) electrons. The SMILES string of the molecule is Cn1cc(/C=C/CN)c2ccc(Cl)cc21. The van der Waals surface area contributed by atoms with Crippen molar-refractivity contribution in [1.29, 1.82) is 0 Å². The van der Waals surface area contributed by atoms with Crippen LogP contribution in [0, 0.1) is 0 Å². The molecule has 3 heteroatoms. The lowest BCUT2D eigenvalue weighted by atomic mass is 10.1. The first-order chi connectivity index (χ1) is 7.22. The maximum atomic E-state index is 5.95. The second-order valence-electron chi connectivity index (χ2n) is 3.49. The predicted molar refractivity (Wildman–Crippen MR) is 66.0 cm³/mol. The van der Waals surface area contributed by atoms with Gasteiger partial charge in [0.2, 0.25) is 0 Å². The number of rotatable bonds is 2. The van der Waals surface area contributed by atoms with Gasteiger partial charge in [0, 0.05) is 35.7 Å². The van der Waals surface area contributed by atoms with Crippen LogP contribution in [-0.4, -0.2) is 11.1 Å². The van der Waals surface area contributed by atoms with Crippen LogP contribution in [0.2, 0.25) is 5.02 Å². The normalized spacial score (nSPS) is 11.7. The van der Waals surface area contributed by atoms with Gasteiger partial charge < -0.3 is 10.3 Å². The minimum Gasteiger partial charge on any atom is -0.350 e. The van der Waals surface area contributed by atoms with E-state index in [2.05, 4.69) is 10.8 Å². The monoisotopic (exact) mass is 220 g/mol. The molecule has 15 heavy (non-hydrogen) atoms. The molecule has 0 unspecified atom stereocenters. The molecular weight excluding hydrogens is 208 g/mol. The zero-order chi connectivity index (χ0) is 10.8. The first-order valence-electron chi connectivity index (χ1n) is 4.83. The predicted octanol–water partition coefficient (Wildman–Crippen LogP) is 2.80. The molecule has 0 amide bonds. The van der Waals surface area contributed by atoms with E-state index in [-0.39, 0.29) is 0 Å². The summed E-state index contributed by atoms with van der Waals surface area (Å²) in [5.74, 6) is 0. The summed E-state index contributed by atoms with van der Waals surface area (Å²) in [6.45, 7) is 0.560. The van der Waals surface area contributed by atoms with Gasteiger partial charge in [-0.1, -0.05) is 29.8 Å². The van der Waals surface area contributed by atoms with Gasteiger partial charge in [-0.05, 0) is 17.7 Å². The van der Waals surface area contributed by atoms with E-state index >= 15 is 0 Å². The quantitative estimate of drug-likeness (QED) is 0.829. The number of aromatic nitrogens is 1. The van der Waals surface area contributed by atoms with Crippen LogP contribution in [0.15, 0.2) is 30.5 Å². The summed E-state index contributed by atoms with van der Waals surface area (Å²) >= 11 is 5.95. The lowest BCUT2D eigenvalue weighted by Crippen LogP contribution is -1.91. The van der Waals surface area contributed by atoms with Crippen molar-refractivity contribution in [2.45, 2.75) is 0 Å². The first-order valence-corrected chi connectivity index (χ1v) is 5.21. The molecule has 2 N–H and O–H groups in total. The molecule has 2 nitrogen and oxygen atoms in total. The van der Waals surface area contributed by atoms with Crippen molar-refractivity contribution < 1.29 is 0 Å². The number of aryl methyl sites for hydroxylation is 1. The Morgan fingerprint density at radius 1 is 1.47 bits per heavy atom. The van der Waals surface area contributed by atoms with Gasteiger partial charge in [0.05, 0.1) is 0 Å². The standard InChI is InChI=1S/C12H13ClN2/c1-15-8-9(3-2-6-14)11-5-4-10(13)7-12(11)15/h2-5,7-8H,6,14H2,1H3/b3-2+. The number of nitrogens with zero attached hydrogens (tertiary/aromatic N) is 1. The van der Waals surface area contributed by atoms with E-state index in [1.807, 2.05) is 37.4 Å². The van der Waals surface area contributed by atoms with Crippen LogP contribution in [0.5, 0.6) is 0 Å². The molecule has 78 valence electrons. The maximum absolute atomic E-state index is 5.95. The number of hydrogen-bond donors (Lipinski definition) is 1. The third-order valence-corrected chi connectivity index (χ3v) is 2.65. The lowest BCUT2D eigenvalue weighted by molar-refractivity contribution is 0.968. The van der Waals surface area contributed by atoms with Gasteiger partial charge in [-0.25, -0.2) is 0 Å². The summed E-state index contributed by atoms with van der Waals surface area (Å²) in [4.78, 5) is 0. The number of benzene rings is 1. The Balaban J connectivity index is 2.62. The highest BCUT2D eigenvalue weighted by atomic mass is 35.5. The van der Waals surface area contributed by atoms with Crippen LogP contribution in [-0.2, 0) is 7.05 Å². The topological polar surface area (TPSA) is 30.9 Å². The van der Waals surface area contributed by atoms with Gasteiger partial charge in [-0.15, -0.1) is 0 Å². The first kappa shape index (κ1) is 10.3. The number of nitrogens with two attached hydrogens (primary N) is 1. The Labute approximate surface area is 93.9 Å². The van der Waals surface area contributed by atoms with Gasteiger partial charge >= 0.3 is 0 Å². The molecule has 0 saturated heterocycles. The zero-order valence-corrected chi connectivity index (χ0v) is 9.33. The van der Waals surface area contributed by atoms with Crippen LogP contribution in [0.3, 0.4) is 0 Å². The van der Waals surface area contributed by atoms with E-state index < -0.39 is 0 Å². The molecule has 0 aliphatic rings. The van der Waals surface area contributed by atoms with Crippen LogP contribution in [0.4, 0.5) is 0 Å². The Kier molecular flexibility index (Phi) is 2.80. The Morgan fingerprint density at radius 2 is 2.27 bits per heavy atom. The molecule has 0 aliphatic carbocycles. The molecule has 0 saturated carbocycles. The third kappa shape index (κ3) is 1.91. The zero-order valence-electron chi connectivity index (χ0n) is 8.57. The average molecular weight is 221 g/mol. The van der Waals surface area contributed by atoms with Gasteiger partial charge in [0.15, 0.2) is 0 Å². The van der Waals surface area contributed by atoms with Crippen LogP contribution < -0.4 is 5.73 Å². The highest BCUT2D eigenvalue weighted by Gasteiger charge is 2.03. The van der Waals surface area contributed by atoms with Crippen molar-refractivity contribution in [3.8, 4) is 0 Å². The fourth-order valence-electron chi connectivity index (χ4n) is 1.72. The van der Waals surface area contributed by atoms with Gasteiger partial charge in [0.1, 0.15) is 0 Å². The van der Waals surface area contributed by atoms with E-state index in [0.717, 1.165) is 10.5 Å². The average Bonchev–Trinajstić information content (AvgIpc) is 2.53. The Hall–Kier alpha value is -1.25. The minimum atomic E-state index is 0.560. The van der Waals surface area contributed by atoms with Crippen molar-refractivity contribution >= 4 is 28.6 Å². The molecule has 2 rings (SSSR count). The summed E-state index contributed by atoms with van der Waals surface area (Å²) < 4.78 is 2.07. The maximum Gasteiger partial charge on any atom is 0.0498 e. The largest absolute Gasteiger partial charge is 0.350 e. The van der Waals surface area contributed by atoms with Crippen molar-refractivity contribution in [2.75, 3.05) is 6.54 Å².